The number of methoxy groups -OCH3 is 2. The molecule has 1 aromatic rings. The van der Waals surface area contributed by atoms with E-state index in [1.54, 1.807) is 14.0 Å². The van der Waals surface area contributed by atoms with Crippen LogP contribution in [0.3, 0.4) is 0 Å². The minimum atomic E-state index is -0.744. The van der Waals surface area contributed by atoms with Crippen molar-refractivity contribution in [1.82, 2.24) is 9.80 Å². The number of benzene rings is 1. The maximum absolute atomic E-state index is 11.8. The number of likely N-dealkylation sites (N-methyl/N-ethyl adjacent to an activating group) is 1. The van der Waals surface area contributed by atoms with E-state index in [1.807, 2.05) is 12.1 Å². The molecule has 1 aliphatic rings. The van der Waals surface area contributed by atoms with Crippen molar-refractivity contribution in [1.29, 1.82) is 0 Å². The lowest BCUT2D eigenvalue weighted by atomic mass is 10.1. The fourth-order valence-electron chi connectivity index (χ4n) is 2.91. The fraction of sp³-hybridized carbons (Fsp3) is 0.611. The zero-order valence-corrected chi connectivity index (χ0v) is 15.5. The van der Waals surface area contributed by atoms with Gasteiger partial charge in [-0.1, -0.05) is 13.0 Å². The van der Waals surface area contributed by atoms with Crippen LogP contribution in [-0.4, -0.2) is 69.5 Å². The first-order valence-corrected chi connectivity index (χ1v) is 8.66. The van der Waals surface area contributed by atoms with E-state index in [-0.39, 0.29) is 6.61 Å². The molecule has 7 heteroatoms. The normalized spacial score (nSPS) is 15.7. The Hall–Kier alpha value is -1.99. The van der Waals surface area contributed by atoms with Gasteiger partial charge in [0.05, 0.1) is 20.8 Å². The number of carbonyl (C=O) groups excluding carboxylic acids is 1. The molecule has 1 saturated heterocycles. The summed E-state index contributed by atoms with van der Waals surface area (Å²) in [6, 6.07) is 3.73. The van der Waals surface area contributed by atoms with E-state index in [0.717, 1.165) is 38.3 Å². The van der Waals surface area contributed by atoms with Crippen LogP contribution in [0.15, 0.2) is 12.1 Å². The number of ether oxygens (including phenoxy) is 4. The molecule has 1 heterocycles. The monoisotopic (exact) mass is 352 g/mol. The third-order valence-corrected chi connectivity index (χ3v) is 4.34. The van der Waals surface area contributed by atoms with Gasteiger partial charge in [0.15, 0.2) is 11.5 Å². The van der Waals surface area contributed by atoms with Crippen LogP contribution in [-0.2, 0) is 11.3 Å². The van der Waals surface area contributed by atoms with Crippen molar-refractivity contribution < 1.29 is 23.7 Å². The molecule has 1 fully saturated rings. The standard InChI is InChI=1S/C18H28N2O5/c1-5-19-9-11-20(12-10-19)13-14-7-8-15(22-3)17(23-4)16(14)25-18(21)24-6-2/h7-8H,5-6,9-13H2,1-4H3. The second-order valence-corrected chi connectivity index (χ2v) is 5.78. The highest BCUT2D eigenvalue weighted by molar-refractivity contribution is 5.68. The third-order valence-electron chi connectivity index (χ3n) is 4.34. The molecule has 0 bridgehead atoms. The first-order valence-electron chi connectivity index (χ1n) is 8.66. The van der Waals surface area contributed by atoms with Crippen molar-refractivity contribution in [3.8, 4) is 17.2 Å². The van der Waals surface area contributed by atoms with Crippen molar-refractivity contribution in [3.63, 3.8) is 0 Å². The zero-order chi connectivity index (χ0) is 18.2. The van der Waals surface area contributed by atoms with Gasteiger partial charge in [-0.05, 0) is 19.5 Å². The van der Waals surface area contributed by atoms with Gasteiger partial charge >= 0.3 is 6.16 Å². The lowest BCUT2D eigenvalue weighted by molar-refractivity contribution is 0.101. The Morgan fingerprint density at radius 1 is 1.00 bits per heavy atom. The SMILES string of the molecule is CCOC(=O)Oc1c(CN2CCN(CC)CC2)ccc(OC)c1OC. The molecular formula is C18H28N2O5. The van der Waals surface area contributed by atoms with Crippen LogP contribution in [0.4, 0.5) is 4.79 Å². The summed E-state index contributed by atoms with van der Waals surface area (Å²) < 4.78 is 21.1. The molecule has 0 unspecified atom stereocenters. The predicted molar refractivity (Wildman–Crippen MR) is 94.6 cm³/mol. The molecule has 0 atom stereocenters. The van der Waals surface area contributed by atoms with Gasteiger partial charge in [0, 0.05) is 38.3 Å². The molecule has 0 aromatic heterocycles. The highest BCUT2D eigenvalue weighted by Gasteiger charge is 2.23. The maximum atomic E-state index is 11.8. The van der Waals surface area contributed by atoms with Gasteiger partial charge in [-0.15, -0.1) is 0 Å². The highest BCUT2D eigenvalue weighted by Crippen LogP contribution is 2.40. The van der Waals surface area contributed by atoms with Crippen molar-refractivity contribution in [2.75, 3.05) is 53.6 Å². The van der Waals surface area contributed by atoms with Gasteiger partial charge in [0.2, 0.25) is 5.75 Å². The molecular weight excluding hydrogens is 324 g/mol. The Morgan fingerprint density at radius 3 is 2.24 bits per heavy atom. The fourth-order valence-corrected chi connectivity index (χ4v) is 2.91. The summed E-state index contributed by atoms with van der Waals surface area (Å²) in [7, 11) is 3.08. The van der Waals surface area contributed by atoms with Crippen molar-refractivity contribution in [3.05, 3.63) is 17.7 Å². The van der Waals surface area contributed by atoms with Crippen LogP contribution in [0.25, 0.3) is 0 Å². The summed E-state index contributed by atoms with van der Waals surface area (Å²) in [6.07, 6.45) is -0.744. The van der Waals surface area contributed by atoms with E-state index in [0.29, 0.717) is 23.8 Å². The zero-order valence-electron chi connectivity index (χ0n) is 15.5. The quantitative estimate of drug-likeness (QED) is 0.551. The van der Waals surface area contributed by atoms with Crippen molar-refractivity contribution in [2.24, 2.45) is 0 Å². The molecule has 1 aromatic carbocycles. The Balaban J connectivity index is 2.22. The number of hydrogen-bond acceptors (Lipinski definition) is 7. The van der Waals surface area contributed by atoms with E-state index in [4.69, 9.17) is 18.9 Å². The second kappa shape index (κ2) is 9.48. The van der Waals surface area contributed by atoms with Crippen molar-refractivity contribution >= 4 is 6.16 Å². The van der Waals surface area contributed by atoms with E-state index in [9.17, 15) is 4.79 Å². The molecule has 140 valence electrons. The van der Waals surface area contributed by atoms with E-state index < -0.39 is 6.16 Å². The summed E-state index contributed by atoms with van der Waals surface area (Å²) in [5.41, 5.74) is 0.871. The summed E-state index contributed by atoms with van der Waals surface area (Å²) in [6.45, 7) is 9.93. The minimum absolute atomic E-state index is 0.249. The topological polar surface area (TPSA) is 60.5 Å². The van der Waals surface area contributed by atoms with Crippen LogP contribution < -0.4 is 14.2 Å². The number of piperazine rings is 1. The van der Waals surface area contributed by atoms with Crippen molar-refractivity contribution in [2.45, 2.75) is 20.4 Å². The molecule has 1 aliphatic heterocycles. The molecule has 0 radical (unpaired) electrons. The predicted octanol–water partition coefficient (Wildman–Crippen LogP) is 2.38. The largest absolute Gasteiger partial charge is 0.513 e. The lowest BCUT2D eigenvalue weighted by Crippen LogP contribution is -2.45. The molecule has 0 saturated carbocycles. The number of hydrogen-bond donors (Lipinski definition) is 0. The highest BCUT2D eigenvalue weighted by atomic mass is 16.7. The molecule has 0 aliphatic carbocycles. The summed E-state index contributed by atoms with van der Waals surface area (Å²) in [5.74, 6) is 1.28. The average molecular weight is 352 g/mol. The molecule has 2 rings (SSSR count). The molecule has 0 amide bonds. The average Bonchev–Trinajstić information content (AvgIpc) is 2.63. The molecule has 0 spiro atoms. The number of rotatable bonds is 7. The van der Waals surface area contributed by atoms with E-state index >= 15 is 0 Å². The van der Waals surface area contributed by atoms with Gasteiger partial charge in [-0.25, -0.2) is 4.79 Å². The molecule has 0 N–H and O–H groups in total. The Bertz CT molecular complexity index is 571. The van der Waals surface area contributed by atoms with Gasteiger partial charge in [-0.2, -0.15) is 0 Å². The lowest BCUT2D eigenvalue weighted by Gasteiger charge is -2.34. The van der Waals surface area contributed by atoms with Gasteiger partial charge in [-0.3, -0.25) is 4.90 Å². The molecule has 7 nitrogen and oxygen atoms in total. The molecule has 25 heavy (non-hydrogen) atoms. The Kier molecular flexibility index (Phi) is 7.33. The first kappa shape index (κ1) is 19.3. The maximum Gasteiger partial charge on any atom is 0.513 e. The van der Waals surface area contributed by atoms with Gasteiger partial charge in [0.25, 0.3) is 0 Å². The smallest absolute Gasteiger partial charge is 0.493 e. The van der Waals surface area contributed by atoms with Crippen LogP contribution in [0, 0.1) is 0 Å². The van der Waals surface area contributed by atoms with Gasteiger partial charge < -0.3 is 23.8 Å². The Morgan fingerprint density at radius 2 is 1.68 bits per heavy atom. The van der Waals surface area contributed by atoms with E-state index in [1.165, 1.54) is 7.11 Å². The third kappa shape index (κ3) is 4.99. The Labute approximate surface area is 149 Å². The summed E-state index contributed by atoms with van der Waals surface area (Å²) >= 11 is 0. The first-order chi connectivity index (χ1) is 12.1. The second-order valence-electron chi connectivity index (χ2n) is 5.78. The minimum Gasteiger partial charge on any atom is -0.493 e. The number of carbonyl (C=O) groups is 1. The summed E-state index contributed by atoms with van der Waals surface area (Å²) in [5, 5.41) is 0. The number of nitrogens with zero attached hydrogens (tertiary/aromatic N) is 2. The van der Waals surface area contributed by atoms with Crippen LogP contribution >= 0.6 is 0 Å². The van der Waals surface area contributed by atoms with Crippen LogP contribution in [0.5, 0.6) is 17.2 Å². The van der Waals surface area contributed by atoms with Crippen LogP contribution in [0.2, 0.25) is 0 Å². The van der Waals surface area contributed by atoms with Crippen LogP contribution in [0.1, 0.15) is 19.4 Å². The summed E-state index contributed by atoms with van der Waals surface area (Å²) in [4.78, 5) is 16.6. The van der Waals surface area contributed by atoms with E-state index in [2.05, 4.69) is 16.7 Å². The van der Waals surface area contributed by atoms with Gasteiger partial charge in [0.1, 0.15) is 0 Å².